The highest BCUT2D eigenvalue weighted by molar-refractivity contribution is 6.21. The highest BCUT2D eigenvalue weighted by Gasteiger charge is 2.18. The third-order valence-corrected chi connectivity index (χ3v) is 9.02. The molecule has 0 radical (unpaired) electrons. The van der Waals surface area contributed by atoms with Gasteiger partial charge in [0.15, 0.2) is 0 Å². The van der Waals surface area contributed by atoms with E-state index in [0.717, 1.165) is 0 Å². The molecule has 0 aliphatic carbocycles. The van der Waals surface area contributed by atoms with Gasteiger partial charge >= 0.3 is 0 Å². The van der Waals surface area contributed by atoms with Gasteiger partial charge in [-0.2, -0.15) is 0 Å². The van der Waals surface area contributed by atoms with E-state index < -0.39 is 0 Å². The van der Waals surface area contributed by atoms with Gasteiger partial charge in [0, 0.05) is 0 Å². The van der Waals surface area contributed by atoms with E-state index in [1.807, 2.05) is 0 Å². The van der Waals surface area contributed by atoms with Gasteiger partial charge in [-0.1, -0.05) is 159 Å². The molecule has 43 heavy (non-hydrogen) atoms. The molecule has 0 aliphatic rings. The fourth-order valence-corrected chi connectivity index (χ4v) is 6.99. The van der Waals surface area contributed by atoms with Gasteiger partial charge in [-0.3, -0.25) is 0 Å². The molecule has 8 rings (SSSR count). The van der Waals surface area contributed by atoms with Gasteiger partial charge in [0.05, 0.1) is 0 Å². The zero-order valence-corrected chi connectivity index (χ0v) is 24.5. The molecule has 0 atom stereocenters. The van der Waals surface area contributed by atoms with E-state index in [2.05, 4.69) is 166 Å². The monoisotopic (exact) mass is 548 g/mol. The van der Waals surface area contributed by atoms with Crippen molar-refractivity contribution in [3.8, 4) is 33.4 Å². The van der Waals surface area contributed by atoms with Crippen LogP contribution < -0.4 is 0 Å². The van der Waals surface area contributed by atoms with Crippen molar-refractivity contribution < 1.29 is 0 Å². The number of benzene rings is 8. The number of fused-ring (bicyclic) bond motifs is 4. The maximum atomic E-state index is 2.34. The summed E-state index contributed by atoms with van der Waals surface area (Å²) < 4.78 is 0. The van der Waals surface area contributed by atoms with Crippen molar-refractivity contribution >= 4 is 43.1 Å². The topological polar surface area (TPSA) is 0 Å². The number of hydrogen-bond donors (Lipinski definition) is 0. The maximum Gasteiger partial charge on any atom is -0.00262 e. The molecule has 0 N–H and O–H groups in total. The predicted molar refractivity (Wildman–Crippen MR) is 187 cm³/mol. The second-order valence-electron chi connectivity index (χ2n) is 11.9. The Morgan fingerprint density at radius 2 is 0.744 bits per heavy atom. The fourth-order valence-electron chi connectivity index (χ4n) is 6.99. The molecule has 0 unspecified atom stereocenters. The van der Waals surface area contributed by atoms with Crippen LogP contribution in [0.15, 0.2) is 152 Å². The Balaban J connectivity index is 1.36. The fraction of sp³-hybridized carbons (Fsp3) is 0.0698. The zero-order valence-electron chi connectivity index (χ0n) is 24.5. The summed E-state index contributed by atoms with van der Waals surface area (Å²) in [5.74, 6) is 0.440. The number of hydrogen-bond acceptors (Lipinski definition) is 0. The van der Waals surface area contributed by atoms with Crippen molar-refractivity contribution in [2.45, 2.75) is 19.8 Å². The van der Waals surface area contributed by atoms with E-state index in [1.165, 1.54) is 82.0 Å². The SMILES string of the molecule is CC(C)c1ccc2ccccc2c1-c1ccc(-c2c3ccccc3c(-c3ccc4ccccc4c3)c3ccccc23)cc1. The molecule has 0 aromatic heterocycles. The largest absolute Gasteiger partial charge is 0.0616 e. The standard InChI is InChI=1S/C43H32/c1-28(2)35-26-25-30-12-5-6-14-36(30)41(35)31-20-22-32(23-21-31)42-37-15-7-9-17-39(37)43(40-18-10-8-16-38(40)42)34-24-19-29-11-3-4-13-33(29)27-34/h3-28H,1-2H3. The van der Waals surface area contributed by atoms with Crippen LogP contribution in [-0.4, -0.2) is 0 Å². The van der Waals surface area contributed by atoms with E-state index in [-0.39, 0.29) is 0 Å². The van der Waals surface area contributed by atoms with Crippen LogP contribution in [0.1, 0.15) is 25.3 Å². The van der Waals surface area contributed by atoms with Crippen molar-refractivity contribution in [3.05, 3.63) is 157 Å². The average molecular weight is 549 g/mol. The Kier molecular flexibility index (Phi) is 6.09. The van der Waals surface area contributed by atoms with Crippen LogP contribution in [-0.2, 0) is 0 Å². The molecule has 0 heterocycles. The molecule has 0 bridgehead atoms. The summed E-state index contributed by atoms with van der Waals surface area (Å²) >= 11 is 0. The second kappa shape index (κ2) is 10.3. The first-order chi connectivity index (χ1) is 21.2. The Morgan fingerprint density at radius 1 is 0.326 bits per heavy atom. The zero-order chi connectivity index (χ0) is 28.9. The highest BCUT2D eigenvalue weighted by atomic mass is 14.2. The van der Waals surface area contributed by atoms with Gasteiger partial charge in [-0.15, -0.1) is 0 Å². The lowest BCUT2D eigenvalue weighted by molar-refractivity contribution is 0.871. The van der Waals surface area contributed by atoms with Crippen LogP contribution in [0.25, 0.3) is 76.5 Å². The van der Waals surface area contributed by atoms with Gasteiger partial charge in [-0.25, -0.2) is 0 Å². The molecule has 0 amide bonds. The van der Waals surface area contributed by atoms with Gasteiger partial charge in [0.25, 0.3) is 0 Å². The van der Waals surface area contributed by atoms with Crippen molar-refractivity contribution in [1.29, 1.82) is 0 Å². The van der Waals surface area contributed by atoms with Crippen LogP contribution in [0, 0.1) is 0 Å². The lowest BCUT2D eigenvalue weighted by atomic mass is 9.84. The third kappa shape index (κ3) is 4.22. The quantitative estimate of drug-likeness (QED) is 0.192. The Hall–Kier alpha value is -5.20. The summed E-state index contributed by atoms with van der Waals surface area (Å²) in [7, 11) is 0. The van der Waals surface area contributed by atoms with Crippen LogP contribution in [0.3, 0.4) is 0 Å². The minimum absolute atomic E-state index is 0.440. The Labute approximate surface area is 252 Å². The van der Waals surface area contributed by atoms with E-state index >= 15 is 0 Å². The van der Waals surface area contributed by atoms with Gasteiger partial charge in [0.2, 0.25) is 0 Å². The summed E-state index contributed by atoms with van der Waals surface area (Å²) in [5, 5.41) is 10.3. The second-order valence-corrected chi connectivity index (χ2v) is 11.9. The van der Waals surface area contributed by atoms with E-state index in [0.29, 0.717) is 5.92 Å². The molecule has 0 nitrogen and oxygen atoms in total. The Bertz CT molecular complexity index is 2240. The van der Waals surface area contributed by atoms with Gasteiger partial charge in [0.1, 0.15) is 0 Å². The first-order valence-corrected chi connectivity index (χ1v) is 15.2. The summed E-state index contributed by atoms with van der Waals surface area (Å²) in [6, 6.07) is 55.9. The van der Waals surface area contributed by atoms with Crippen LogP contribution >= 0.6 is 0 Å². The van der Waals surface area contributed by atoms with Crippen LogP contribution in [0.2, 0.25) is 0 Å². The molecule has 8 aromatic rings. The van der Waals surface area contributed by atoms with E-state index in [9.17, 15) is 0 Å². The highest BCUT2D eigenvalue weighted by Crippen LogP contribution is 2.45. The van der Waals surface area contributed by atoms with E-state index in [1.54, 1.807) is 0 Å². The normalized spacial score (nSPS) is 11.7. The van der Waals surface area contributed by atoms with Crippen LogP contribution in [0.4, 0.5) is 0 Å². The molecule has 0 fully saturated rings. The molecule has 0 spiro atoms. The lowest BCUT2D eigenvalue weighted by Gasteiger charge is -2.19. The van der Waals surface area contributed by atoms with Crippen molar-refractivity contribution in [2.75, 3.05) is 0 Å². The Morgan fingerprint density at radius 3 is 1.33 bits per heavy atom. The molecule has 8 aromatic carbocycles. The molecule has 0 heteroatoms. The predicted octanol–water partition coefficient (Wildman–Crippen LogP) is 12.4. The van der Waals surface area contributed by atoms with Crippen molar-refractivity contribution in [1.82, 2.24) is 0 Å². The van der Waals surface area contributed by atoms with Gasteiger partial charge < -0.3 is 0 Å². The van der Waals surface area contributed by atoms with Crippen molar-refractivity contribution in [2.24, 2.45) is 0 Å². The smallest absolute Gasteiger partial charge is 0.00262 e. The minimum atomic E-state index is 0.440. The minimum Gasteiger partial charge on any atom is -0.0616 e. The number of rotatable bonds is 4. The molecule has 204 valence electrons. The first kappa shape index (κ1) is 25.5. The summed E-state index contributed by atoms with van der Waals surface area (Å²) in [5.41, 5.74) is 9.10. The molecular formula is C43H32. The molecule has 0 saturated carbocycles. The molecular weight excluding hydrogens is 516 g/mol. The summed E-state index contributed by atoms with van der Waals surface area (Å²) in [6.07, 6.45) is 0. The van der Waals surface area contributed by atoms with Gasteiger partial charge in [-0.05, 0) is 94.0 Å². The lowest BCUT2D eigenvalue weighted by Crippen LogP contribution is -1.94. The maximum absolute atomic E-state index is 2.34. The summed E-state index contributed by atoms with van der Waals surface area (Å²) in [4.78, 5) is 0. The first-order valence-electron chi connectivity index (χ1n) is 15.2. The van der Waals surface area contributed by atoms with Crippen LogP contribution in [0.5, 0.6) is 0 Å². The van der Waals surface area contributed by atoms with Crippen molar-refractivity contribution in [3.63, 3.8) is 0 Å². The molecule has 0 aliphatic heterocycles. The molecule has 0 saturated heterocycles. The summed E-state index contributed by atoms with van der Waals surface area (Å²) in [6.45, 7) is 4.58. The third-order valence-electron chi connectivity index (χ3n) is 9.02. The van der Waals surface area contributed by atoms with E-state index in [4.69, 9.17) is 0 Å². The average Bonchev–Trinajstić information content (AvgIpc) is 3.06.